The van der Waals surface area contributed by atoms with Gasteiger partial charge < -0.3 is 14.6 Å². The summed E-state index contributed by atoms with van der Waals surface area (Å²) in [5, 5.41) is 10.5. The first-order chi connectivity index (χ1) is 10.2. The molecular formula is C18H30O3. The van der Waals surface area contributed by atoms with Crippen LogP contribution in [0.5, 0.6) is 11.5 Å². The first-order valence-corrected chi connectivity index (χ1v) is 8.25. The van der Waals surface area contributed by atoms with E-state index in [1.807, 2.05) is 18.2 Å². The van der Waals surface area contributed by atoms with Crippen LogP contribution in [-0.4, -0.2) is 18.3 Å². The lowest BCUT2D eigenvalue weighted by Gasteiger charge is -2.22. The van der Waals surface area contributed by atoms with E-state index in [-0.39, 0.29) is 5.92 Å². The van der Waals surface area contributed by atoms with E-state index in [1.54, 1.807) is 0 Å². The van der Waals surface area contributed by atoms with Crippen molar-refractivity contribution in [1.29, 1.82) is 0 Å². The van der Waals surface area contributed by atoms with Crippen molar-refractivity contribution >= 4 is 0 Å². The van der Waals surface area contributed by atoms with Crippen LogP contribution in [0.4, 0.5) is 0 Å². The van der Waals surface area contributed by atoms with Gasteiger partial charge >= 0.3 is 0 Å². The Balaban J connectivity index is 2.96. The molecule has 1 unspecified atom stereocenters. The van der Waals surface area contributed by atoms with Gasteiger partial charge in [-0.1, -0.05) is 46.6 Å². The first-order valence-electron chi connectivity index (χ1n) is 8.25. The predicted octanol–water partition coefficient (Wildman–Crippen LogP) is 4.73. The molecule has 1 rings (SSSR count). The Bertz CT molecular complexity index is 399. The molecule has 0 saturated carbocycles. The molecule has 0 aliphatic rings. The molecule has 120 valence electrons. The van der Waals surface area contributed by atoms with Crippen LogP contribution in [0, 0.1) is 5.92 Å². The van der Waals surface area contributed by atoms with Crippen molar-refractivity contribution in [2.45, 2.75) is 59.5 Å². The Morgan fingerprint density at radius 1 is 0.905 bits per heavy atom. The van der Waals surface area contributed by atoms with Crippen molar-refractivity contribution < 1.29 is 14.6 Å². The van der Waals surface area contributed by atoms with E-state index in [4.69, 9.17) is 9.47 Å². The van der Waals surface area contributed by atoms with Gasteiger partial charge in [0.1, 0.15) is 0 Å². The highest BCUT2D eigenvalue weighted by atomic mass is 16.5. The van der Waals surface area contributed by atoms with Crippen LogP contribution in [0.1, 0.15) is 65.0 Å². The average molecular weight is 294 g/mol. The monoisotopic (exact) mass is 294 g/mol. The third-order valence-corrected chi connectivity index (χ3v) is 3.73. The van der Waals surface area contributed by atoms with E-state index < -0.39 is 6.10 Å². The maximum atomic E-state index is 10.5. The van der Waals surface area contributed by atoms with E-state index in [9.17, 15) is 5.11 Å². The smallest absolute Gasteiger partial charge is 0.161 e. The van der Waals surface area contributed by atoms with Crippen molar-refractivity contribution in [1.82, 2.24) is 0 Å². The molecule has 3 heteroatoms. The Kier molecular flexibility index (Phi) is 8.21. The number of benzene rings is 1. The minimum absolute atomic E-state index is 0.284. The lowest BCUT2D eigenvalue weighted by Crippen LogP contribution is -2.11. The molecule has 0 bridgehead atoms. The minimum atomic E-state index is -0.441. The van der Waals surface area contributed by atoms with Crippen molar-refractivity contribution in [2.24, 2.45) is 5.92 Å². The van der Waals surface area contributed by atoms with E-state index in [1.165, 1.54) is 0 Å². The van der Waals surface area contributed by atoms with Gasteiger partial charge in [-0.25, -0.2) is 0 Å². The molecule has 0 aromatic heterocycles. The minimum Gasteiger partial charge on any atom is -0.490 e. The van der Waals surface area contributed by atoms with Gasteiger partial charge in [0.15, 0.2) is 11.5 Å². The fourth-order valence-corrected chi connectivity index (χ4v) is 2.37. The molecule has 0 saturated heterocycles. The summed E-state index contributed by atoms with van der Waals surface area (Å²) >= 11 is 0. The molecule has 0 aliphatic carbocycles. The second-order valence-corrected chi connectivity index (χ2v) is 5.42. The summed E-state index contributed by atoms with van der Waals surface area (Å²) in [5.41, 5.74) is 0.915. The molecule has 1 aromatic carbocycles. The van der Waals surface area contributed by atoms with Crippen LogP contribution >= 0.6 is 0 Å². The summed E-state index contributed by atoms with van der Waals surface area (Å²) in [6, 6.07) is 5.80. The number of aliphatic hydroxyl groups excluding tert-OH is 1. The fourth-order valence-electron chi connectivity index (χ4n) is 2.37. The van der Waals surface area contributed by atoms with E-state index in [2.05, 4.69) is 27.7 Å². The van der Waals surface area contributed by atoms with Gasteiger partial charge in [-0.2, -0.15) is 0 Å². The quantitative estimate of drug-likeness (QED) is 0.677. The normalized spacial score (nSPS) is 12.5. The lowest BCUT2D eigenvalue weighted by molar-refractivity contribution is 0.103. The summed E-state index contributed by atoms with van der Waals surface area (Å²) in [5.74, 6) is 1.80. The number of aliphatic hydroxyl groups is 1. The SMILES string of the molecule is CCCOc1ccc(C(O)C(CC)CC)cc1OCCC. The van der Waals surface area contributed by atoms with Gasteiger partial charge in [-0.3, -0.25) is 0 Å². The Hall–Kier alpha value is -1.22. The number of rotatable bonds is 10. The van der Waals surface area contributed by atoms with Crippen molar-refractivity contribution in [2.75, 3.05) is 13.2 Å². The number of ether oxygens (including phenoxy) is 2. The van der Waals surface area contributed by atoms with Crippen LogP contribution in [-0.2, 0) is 0 Å². The fraction of sp³-hybridized carbons (Fsp3) is 0.667. The van der Waals surface area contributed by atoms with Gasteiger partial charge in [0.05, 0.1) is 19.3 Å². The van der Waals surface area contributed by atoms with E-state index >= 15 is 0 Å². The predicted molar refractivity (Wildman–Crippen MR) is 87.0 cm³/mol. The maximum Gasteiger partial charge on any atom is 0.161 e. The average Bonchev–Trinajstić information content (AvgIpc) is 2.52. The Morgan fingerprint density at radius 3 is 2.00 bits per heavy atom. The molecular weight excluding hydrogens is 264 g/mol. The third-order valence-electron chi connectivity index (χ3n) is 3.73. The zero-order valence-electron chi connectivity index (χ0n) is 13.9. The summed E-state index contributed by atoms with van der Waals surface area (Å²) in [4.78, 5) is 0. The van der Waals surface area contributed by atoms with Crippen molar-refractivity contribution in [3.63, 3.8) is 0 Å². The third kappa shape index (κ3) is 5.24. The molecule has 21 heavy (non-hydrogen) atoms. The van der Waals surface area contributed by atoms with Gasteiger partial charge in [0, 0.05) is 0 Å². The summed E-state index contributed by atoms with van der Waals surface area (Å²) < 4.78 is 11.5. The van der Waals surface area contributed by atoms with Crippen LogP contribution in [0.15, 0.2) is 18.2 Å². The molecule has 0 heterocycles. The van der Waals surface area contributed by atoms with Gasteiger partial charge in [-0.15, -0.1) is 0 Å². The standard InChI is InChI=1S/C18H30O3/c1-5-11-20-16-10-9-15(13-17(16)21-12-6-2)18(19)14(7-3)8-4/h9-10,13-14,18-19H,5-8,11-12H2,1-4H3. The Morgan fingerprint density at radius 2 is 1.48 bits per heavy atom. The highest BCUT2D eigenvalue weighted by molar-refractivity contribution is 5.43. The first kappa shape index (κ1) is 17.8. The summed E-state index contributed by atoms with van der Waals surface area (Å²) in [6.45, 7) is 9.73. The summed E-state index contributed by atoms with van der Waals surface area (Å²) in [7, 11) is 0. The Labute approximate surface area is 129 Å². The van der Waals surface area contributed by atoms with Crippen molar-refractivity contribution in [3.8, 4) is 11.5 Å². The van der Waals surface area contributed by atoms with Crippen LogP contribution in [0.3, 0.4) is 0 Å². The molecule has 0 fully saturated rings. The zero-order valence-corrected chi connectivity index (χ0v) is 13.9. The summed E-state index contributed by atoms with van der Waals surface area (Å²) in [6.07, 6.45) is 3.41. The molecule has 0 radical (unpaired) electrons. The van der Waals surface area contributed by atoms with Crippen molar-refractivity contribution in [3.05, 3.63) is 23.8 Å². The highest BCUT2D eigenvalue weighted by Crippen LogP contribution is 2.34. The van der Waals surface area contributed by atoms with Gasteiger partial charge in [-0.05, 0) is 36.5 Å². The molecule has 3 nitrogen and oxygen atoms in total. The van der Waals surface area contributed by atoms with E-state index in [0.717, 1.165) is 42.7 Å². The largest absolute Gasteiger partial charge is 0.490 e. The molecule has 1 aromatic rings. The molecule has 0 aliphatic heterocycles. The molecule has 1 atom stereocenters. The van der Waals surface area contributed by atoms with Crippen LogP contribution in [0.25, 0.3) is 0 Å². The van der Waals surface area contributed by atoms with Gasteiger partial charge in [0.25, 0.3) is 0 Å². The zero-order chi connectivity index (χ0) is 15.7. The van der Waals surface area contributed by atoms with Crippen LogP contribution in [0.2, 0.25) is 0 Å². The number of hydrogen-bond donors (Lipinski definition) is 1. The van der Waals surface area contributed by atoms with E-state index in [0.29, 0.717) is 13.2 Å². The second-order valence-electron chi connectivity index (χ2n) is 5.42. The van der Waals surface area contributed by atoms with Gasteiger partial charge in [0.2, 0.25) is 0 Å². The molecule has 1 N–H and O–H groups in total. The highest BCUT2D eigenvalue weighted by Gasteiger charge is 2.19. The lowest BCUT2D eigenvalue weighted by atomic mass is 9.91. The molecule has 0 amide bonds. The maximum absolute atomic E-state index is 10.5. The van der Waals surface area contributed by atoms with Crippen LogP contribution < -0.4 is 9.47 Å². The molecule has 0 spiro atoms. The second kappa shape index (κ2) is 9.67. The topological polar surface area (TPSA) is 38.7 Å². The number of hydrogen-bond acceptors (Lipinski definition) is 3.